The third-order valence-electron chi connectivity index (χ3n) is 6.64. The van der Waals surface area contributed by atoms with Crippen LogP contribution in [0.15, 0.2) is 48.7 Å². The molecule has 188 valence electrons. The van der Waals surface area contributed by atoms with Crippen LogP contribution in [0.5, 0.6) is 5.75 Å². The van der Waals surface area contributed by atoms with Crippen LogP contribution in [-0.2, 0) is 6.42 Å². The summed E-state index contributed by atoms with van der Waals surface area (Å²) in [7, 11) is 0. The fraction of sp³-hybridized carbons (Fsp3) is 0.423. The van der Waals surface area contributed by atoms with Crippen molar-refractivity contribution in [1.29, 1.82) is 5.41 Å². The molecule has 2 aromatic carbocycles. The molecule has 0 spiro atoms. The lowest BCUT2D eigenvalue weighted by Crippen LogP contribution is -2.49. The quantitative estimate of drug-likeness (QED) is 0.403. The Morgan fingerprint density at radius 2 is 1.89 bits per heavy atom. The van der Waals surface area contributed by atoms with Crippen LogP contribution in [0.25, 0.3) is 5.57 Å². The molecule has 2 aliphatic heterocycles. The SMILES string of the molecule is N=CC(=CN)c1ccc2c(c1)CCN(CC(F)(F)F)[C@H]2c1ccc(OCCN2CC(CF)C2)cc1. The summed E-state index contributed by atoms with van der Waals surface area (Å²) in [6.07, 6.45) is -1.32. The monoisotopic (exact) mass is 490 g/mol. The fourth-order valence-corrected chi connectivity index (χ4v) is 4.87. The second-order valence-electron chi connectivity index (χ2n) is 9.12. The highest BCUT2D eigenvalue weighted by molar-refractivity contribution is 6.08. The maximum atomic E-state index is 13.4. The predicted octanol–water partition coefficient (Wildman–Crippen LogP) is 4.43. The average Bonchev–Trinajstić information content (AvgIpc) is 2.81. The van der Waals surface area contributed by atoms with Gasteiger partial charge in [-0.05, 0) is 40.8 Å². The Kier molecular flexibility index (Phi) is 7.76. The van der Waals surface area contributed by atoms with Crippen LogP contribution >= 0.6 is 0 Å². The van der Waals surface area contributed by atoms with Crippen LogP contribution in [0.4, 0.5) is 17.6 Å². The van der Waals surface area contributed by atoms with E-state index in [2.05, 4.69) is 4.90 Å². The molecule has 1 fully saturated rings. The van der Waals surface area contributed by atoms with Crippen molar-refractivity contribution >= 4 is 11.8 Å². The van der Waals surface area contributed by atoms with E-state index < -0.39 is 18.8 Å². The van der Waals surface area contributed by atoms with Gasteiger partial charge in [0.25, 0.3) is 0 Å². The molecule has 0 aromatic heterocycles. The number of allylic oxidation sites excluding steroid dienone is 1. The first kappa shape index (κ1) is 25.2. The summed E-state index contributed by atoms with van der Waals surface area (Å²) in [6, 6.07) is 12.2. The normalized spacial score (nSPS) is 19.8. The molecule has 35 heavy (non-hydrogen) atoms. The van der Waals surface area contributed by atoms with Crippen molar-refractivity contribution in [3.63, 3.8) is 0 Å². The van der Waals surface area contributed by atoms with Gasteiger partial charge in [-0.2, -0.15) is 13.2 Å². The number of ether oxygens (including phenoxy) is 1. The Labute approximate surface area is 202 Å². The van der Waals surface area contributed by atoms with E-state index in [0.717, 1.165) is 41.6 Å². The minimum Gasteiger partial charge on any atom is -0.492 e. The molecule has 0 aliphatic carbocycles. The van der Waals surface area contributed by atoms with Crippen LogP contribution in [0.2, 0.25) is 0 Å². The number of nitrogens with two attached hydrogens (primary N) is 1. The molecular weight excluding hydrogens is 460 g/mol. The fourth-order valence-electron chi connectivity index (χ4n) is 4.87. The number of likely N-dealkylation sites (tertiary alicyclic amines) is 1. The smallest absolute Gasteiger partial charge is 0.401 e. The molecule has 0 unspecified atom stereocenters. The van der Waals surface area contributed by atoms with Crippen LogP contribution < -0.4 is 10.5 Å². The van der Waals surface area contributed by atoms with Gasteiger partial charge in [0, 0.05) is 50.1 Å². The molecule has 2 aliphatic rings. The molecule has 1 atom stereocenters. The number of benzene rings is 2. The number of nitrogens with zero attached hydrogens (tertiary/aromatic N) is 2. The Morgan fingerprint density at radius 1 is 1.14 bits per heavy atom. The van der Waals surface area contributed by atoms with Crippen LogP contribution in [0.1, 0.15) is 28.3 Å². The van der Waals surface area contributed by atoms with Gasteiger partial charge in [0.05, 0.1) is 19.3 Å². The molecule has 2 heterocycles. The van der Waals surface area contributed by atoms with Crippen molar-refractivity contribution in [2.75, 3.05) is 46.0 Å². The molecule has 4 rings (SSSR count). The van der Waals surface area contributed by atoms with Gasteiger partial charge in [-0.1, -0.05) is 30.3 Å². The lowest BCUT2D eigenvalue weighted by Gasteiger charge is -2.38. The van der Waals surface area contributed by atoms with Crippen molar-refractivity contribution in [2.45, 2.75) is 18.6 Å². The summed E-state index contributed by atoms with van der Waals surface area (Å²) >= 11 is 0. The van der Waals surface area contributed by atoms with Crippen molar-refractivity contribution in [2.24, 2.45) is 11.7 Å². The van der Waals surface area contributed by atoms with E-state index in [1.54, 1.807) is 18.2 Å². The van der Waals surface area contributed by atoms with E-state index in [-0.39, 0.29) is 19.1 Å². The summed E-state index contributed by atoms with van der Waals surface area (Å²) in [5.74, 6) is 0.778. The molecule has 0 amide bonds. The highest BCUT2D eigenvalue weighted by atomic mass is 19.4. The molecule has 0 saturated carbocycles. The van der Waals surface area contributed by atoms with Crippen LogP contribution in [0, 0.1) is 11.3 Å². The van der Waals surface area contributed by atoms with Crippen molar-refractivity contribution < 1.29 is 22.3 Å². The van der Waals surface area contributed by atoms with E-state index in [4.69, 9.17) is 15.9 Å². The second-order valence-corrected chi connectivity index (χ2v) is 9.12. The number of halogens is 4. The van der Waals surface area contributed by atoms with Gasteiger partial charge in [-0.3, -0.25) is 14.2 Å². The predicted molar refractivity (Wildman–Crippen MR) is 128 cm³/mol. The number of alkyl halides is 4. The van der Waals surface area contributed by atoms with Gasteiger partial charge in [-0.25, -0.2) is 0 Å². The largest absolute Gasteiger partial charge is 0.492 e. The molecule has 1 saturated heterocycles. The van der Waals surface area contributed by atoms with Gasteiger partial charge in [0.1, 0.15) is 12.4 Å². The molecule has 2 aromatic rings. The Balaban J connectivity index is 1.52. The van der Waals surface area contributed by atoms with Gasteiger partial charge >= 0.3 is 6.18 Å². The first-order valence-corrected chi connectivity index (χ1v) is 11.7. The third kappa shape index (κ3) is 6.02. The zero-order chi connectivity index (χ0) is 25.0. The highest BCUT2D eigenvalue weighted by Gasteiger charge is 2.37. The Morgan fingerprint density at radius 3 is 2.51 bits per heavy atom. The number of rotatable bonds is 9. The summed E-state index contributed by atoms with van der Waals surface area (Å²) in [5, 5.41) is 7.53. The lowest BCUT2D eigenvalue weighted by molar-refractivity contribution is -0.150. The maximum Gasteiger partial charge on any atom is 0.401 e. The average molecular weight is 491 g/mol. The van der Waals surface area contributed by atoms with Gasteiger partial charge in [0.2, 0.25) is 0 Å². The van der Waals surface area contributed by atoms with E-state index in [1.807, 2.05) is 24.3 Å². The van der Waals surface area contributed by atoms with Crippen molar-refractivity contribution in [3.8, 4) is 5.75 Å². The zero-order valence-corrected chi connectivity index (χ0v) is 19.4. The number of hydrogen-bond acceptors (Lipinski definition) is 5. The molecule has 3 N–H and O–H groups in total. The van der Waals surface area contributed by atoms with E-state index in [1.165, 1.54) is 11.1 Å². The van der Waals surface area contributed by atoms with Crippen LogP contribution in [0.3, 0.4) is 0 Å². The van der Waals surface area contributed by atoms with E-state index in [9.17, 15) is 17.6 Å². The summed E-state index contributed by atoms with van der Waals surface area (Å²) in [4.78, 5) is 3.59. The maximum absolute atomic E-state index is 13.4. The lowest BCUT2D eigenvalue weighted by atomic mass is 9.86. The highest BCUT2D eigenvalue weighted by Crippen LogP contribution is 2.38. The first-order valence-electron chi connectivity index (χ1n) is 11.7. The second kappa shape index (κ2) is 10.8. The van der Waals surface area contributed by atoms with Gasteiger partial charge in [-0.15, -0.1) is 0 Å². The Hall–Kier alpha value is -2.91. The van der Waals surface area contributed by atoms with E-state index >= 15 is 0 Å². The van der Waals surface area contributed by atoms with Crippen molar-refractivity contribution in [1.82, 2.24) is 9.80 Å². The molecule has 9 heteroatoms. The zero-order valence-electron chi connectivity index (χ0n) is 19.4. The molecule has 0 radical (unpaired) electrons. The number of hydrogen-bond donors (Lipinski definition) is 2. The topological polar surface area (TPSA) is 65.6 Å². The van der Waals surface area contributed by atoms with Crippen molar-refractivity contribution in [3.05, 3.63) is 70.9 Å². The molecule has 5 nitrogen and oxygen atoms in total. The van der Waals surface area contributed by atoms with Gasteiger partial charge < -0.3 is 15.9 Å². The van der Waals surface area contributed by atoms with E-state index in [0.29, 0.717) is 30.9 Å². The molecule has 0 bridgehead atoms. The Bertz CT molecular complexity index is 1050. The summed E-state index contributed by atoms with van der Waals surface area (Å²) in [6.45, 7) is 1.66. The minimum absolute atomic E-state index is 0.131. The summed E-state index contributed by atoms with van der Waals surface area (Å²) in [5.41, 5.74) is 9.47. The van der Waals surface area contributed by atoms with Crippen LogP contribution in [-0.4, -0.2) is 68.2 Å². The van der Waals surface area contributed by atoms with Gasteiger partial charge in [0.15, 0.2) is 0 Å². The third-order valence-corrected chi connectivity index (χ3v) is 6.64. The summed E-state index contributed by atoms with van der Waals surface area (Å²) < 4.78 is 58.5. The number of fused-ring (bicyclic) bond motifs is 1. The first-order chi connectivity index (χ1) is 16.8. The number of nitrogens with one attached hydrogen (secondary N) is 1. The standard InChI is InChI=1S/C26H30F4N4O/c27-12-18-15-33(16-18)9-10-35-23-4-1-19(2-5-23)25-24-6-3-20(22(13-31)14-32)11-21(24)7-8-34(25)17-26(28,29)30/h1-6,11,13-14,18,25,31H,7-10,12,15-17,32H2/t25-/m0/s1. The minimum atomic E-state index is -4.31. The molecular formula is C26H30F4N4O.